The third-order valence-electron chi connectivity index (χ3n) is 3.88. The molecular formula is C16H20BrNO4. The van der Waals surface area contributed by atoms with Gasteiger partial charge in [0.2, 0.25) is 0 Å². The first-order chi connectivity index (χ1) is 10.5. The first kappa shape index (κ1) is 17.0. The molecule has 120 valence electrons. The molecule has 22 heavy (non-hydrogen) atoms. The molecule has 1 aromatic carbocycles. The minimum atomic E-state index is -0.891. The van der Waals surface area contributed by atoms with Crippen molar-refractivity contribution in [3.63, 3.8) is 0 Å². The molecule has 0 unspecified atom stereocenters. The third-order valence-corrected chi connectivity index (χ3v) is 4.37. The number of carboxylic acid groups (broad SMARTS) is 1. The smallest absolute Gasteiger partial charge is 0.305 e. The van der Waals surface area contributed by atoms with Crippen molar-refractivity contribution in [2.45, 2.75) is 32.2 Å². The van der Waals surface area contributed by atoms with E-state index >= 15 is 0 Å². The summed E-state index contributed by atoms with van der Waals surface area (Å²) in [6.07, 6.45) is 1.46. The summed E-state index contributed by atoms with van der Waals surface area (Å²) < 4.78 is 6.26. The van der Waals surface area contributed by atoms with Crippen LogP contribution in [0.25, 0.3) is 0 Å². The number of aryl methyl sites for hydroxylation is 1. The second-order valence-electron chi connectivity index (χ2n) is 5.45. The quantitative estimate of drug-likeness (QED) is 0.866. The number of hydrogen-bond donors (Lipinski definition) is 1. The van der Waals surface area contributed by atoms with Crippen molar-refractivity contribution in [2.24, 2.45) is 0 Å². The Labute approximate surface area is 138 Å². The largest absolute Gasteiger partial charge is 0.481 e. The van der Waals surface area contributed by atoms with E-state index in [9.17, 15) is 9.59 Å². The van der Waals surface area contributed by atoms with Crippen molar-refractivity contribution in [1.29, 1.82) is 0 Å². The van der Waals surface area contributed by atoms with Gasteiger partial charge < -0.3 is 14.7 Å². The molecule has 1 N–H and O–H groups in total. The summed E-state index contributed by atoms with van der Waals surface area (Å²) in [6.45, 7) is 3.34. The Hall–Kier alpha value is -1.40. The maximum absolute atomic E-state index is 12.9. The maximum Gasteiger partial charge on any atom is 0.305 e. The fourth-order valence-electron chi connectivity index (χ4n) is 2.68. The van der Waals surface area contributed by atoms with E-state index in [2.05, 4.69) is 15.9 Å². The van der Waals surface area contributed by atoms with E-state index in [-0.39, 0.29) is 24.9 Å². The van der Waals surface area contributed by atoms with E-state index < -0.39 is 5.97 Å². The molecule has 0 aromatic heterocycles. The molecule has 1 aliphatic rings. The van der Waals surface area contributed by atoms with Gasteiger partial charge >= 0.3 is 5.97 Å². The van der Waals surface area contributed by atoms with Crippen LogP contribution in [0.4, 0.5) is 0 Å². The molecule has 0 spiro atoms. The number of carbonyl (C=O) groups excluding carboxylic acids is 1. The van der Waals surface area contributed by atoms with E-state index in [0.29, 0.717) is 18.8 Å². The number of benzene rings is 1. The highest BCUT2D eigenvalue weighted by molar-refractivity contribution is 9.10. The average Bonchev–Trinajstić information content (AvgIpc) is 2.48. The molecular weight excluding hydrogens is 350 g/mol. The minimum absolute atomic E-state index is 0.0430. The van der Waals surface area contributed by atoms with Crippen LogP contribution in [0.3, 0.4) is 0 Å². The minimum Gasteiger partial charge on any atom is -0.481 e. The predicted octanol–water partition coefficient (Wildman–Crippen LogP) is 2.85. The van der Waals surface area contributed by atoms with Crippen LogP contribution in [-0.4, -0.2) is 47.7 Å². The molecule has 2 rings (SSSR count). The van der Waals surface area contributed by atoms with E-state index in [0.717, 1.165) is 22.9 Å². The summed E-state index contributed by atoms with van der Waals surface area (Å²) in [6, 6.07) is 5.56. The predicted molar refractivity (Wildman–Crippen MR) is 86.0 cm³/mol. The van der Waals surface area contributed by atoms with Gasteiger partial charge in [-0.3, -0.25) is 9.59 Å². The number of halogens is 1. The highest BCUT2D eigenvalue weighted by Crippen LogP contribution is 2.22. The molecule has 0 aliphatic carbocycles. The molecule has 1 aromatic rings. The Balaban J connectivity index is 2.21. The standard InChI is InChI=1S/C16H20BrNO4/c1-11-10-12(17)2-3-14(11)16(21)18(7-4-15(19)20)13-5-8-22-9-6-13/h2-3,10,13H,4-9H2,1H3,(H,19,20). The number of aliphatic carboxylic acids is 1. The van der Waals surface area contributed by atoms with Crippen LogP contribution in [0.5, 0.6) is 0 Å². The second-order valence-corrected chi connectivity index (χ2v) is 6.36. The number of carbonyl (C=O) groups is 2. The van der Waals surface area contributed by atoms with E-state index in [1.165, 1.54) is 0 Å². The summed E-state index contributed by atoms with van der Waals surface area (Å²) in [5.41, 5.74) is 1.51. The number of hydrogen-bond acceptors (Lipinski definition) is 3. The number of amides is 1. The summed E-state index contributed by atoms with van der Waals surface area (Å²) in [5.74, 6) is -0.990. The van der Waals surface area contributed by atoms with Gasteiger partial charge in [0.1, 0.15) is 0 Å². The first-order valence-electron chi connectivity index (χ1n) is 7.35. The third kappa shape index (κ3) is 4.30. The maximum atomic E-state index is 12.9. The van der Waals surface area contributed by atoms with Crippen LogP contribution in [0, 0.1) is 6.92 Å². The number of carboxylic acids is 1. The summed E-state index contributed by atoms with van der Waals surface area (Å²) >= 11 is 3.39. The summed E-state index contributed by atoms with van der Waals surface area (Å²) in [5, 5.41) is 8.94. The lowest BCUT2D eigenvalue weighted by Crippen LogP contribution is -2.44. The lowest BCUT2D eigenvalue weighted by atomic mass is 10.0. The SMILES string of the molecule is Cc1cc(Br)ccc1C(=O)N(CCC(=O)O)C1CCOCC1. The highest BCUT2D eigenvalue weighted by atomic mass is 79.9. The number of rotatable bonds is 5. The zero-order valence-corrected chi connectivity index (χ0v) is 14.1. The lowest BCUT2D eigenvalue weighted by molar-refractivity contribution is -0.137. The Morgan fingerprint density at radius 2 is 2.05 bits per heavy atom. The van der Waals surface area contributed by atoms with Crippen molar-refractivity contribution in [2.75, 3.05) is 19.8 Å². The molecule has 1 aliphatic heterocycles. The fraction of sp³-hybridized carbons (Fsp3) is 0.500. The molecule has 1 fully saturated rings. The fourth-order valence-corrected chi connectivity index (χ4v) is 3.16. The van der Waals surface area contributed by atoms with E-state index in [1.807, 2.05) is 19.1 Å². The second kappa shape index (κ2) is 7.74. The van der Waals surface area contributed by atoms with E-state index in [4.69, 9.17) is 9.84 Å². The molecule has 0 radical (unpaired) electrons. The molecule has 0 saturated carbocycles. The van der Waals surface area contributed by atoms with Gasteiger partial charge in [-0.2, -0.15) is 0 Å². The van der Waals surface area contributed by atoms with Crippen molar-refractivity contribution in [3.8, 4) is 0 Å². The Bertz CT molecular complexity index is 555. The van der Waals surface area contributed by atoms with Gasteiger partial charge in [0.05, 0.1) is 6.42 Å². The number of ether oxygens (including phenoxy) is 1. The van der Waals surface area contributed by atoms with Gasteiger partial charge in [-0.1, -0.05) is 15.9 Å². The molecule has 1 amide bonds. The normalized spacial score (nSPS) is 15.5. The van der Waals surface area contributed by atoms with Crippen LogP contribution in [-0.2, 0) is 9.53 Å². The molecule has 1 saturated heterocycles. The van der Waals surface area contributed by atoms with Crippen molar-refractivity contribution in [1.82, 2.24) is 4.90 Å². The summed E-state index contributed by atoms with van der Waals surface area (Å²) in [7, 11) is 0. The molecule has 5 nitrogen and oxygen atoms in total. The topological polar surface area (TPSA) is 66.8 Å². The van der Waals surface area contributed by atoms with Crippen molar-refractivity contribution < 1.29 is 19.4 Å². The van der Waals surface area contributed by atoms with Crippen molar-refractivity contribution >= 4 is 27.8 Å². The Kier molecular flexibility index (Phi) is 5.97. The van der Waals surface area contributed by atoms with Gasteiger partial charge in [0, 0.05) is 35.8 Å². The van der Waals surface area contributed by atoms with Crippen LogP contribution < -0.4 is 0 Å². The molecule has 6 heteroatoms. The van der Waals surface area contributed by atoms with Gasteiger partial charge in [-0.05, 0) is 43.5 Å². The zero-order valence-electron chi connectivity index (χ0n) is 12.5. The van der Waals surface area contributed by atoms with Crippen LogP contribution in [0.15, 0.2) is 22.7 Å². The Morgan fingerprint density at radius 3 is 2.64 bits per heavy atom. The average molecular weight is 370 g/mol. The monoisotopic (exact) mass is 369 g/mol. The van der Waals surface area contributed by atoms with Crippen LogP contribution in [0.2, 0.25) is 0 Å². The molecule has 0 bridgehead atoms. The van der Waals surface area contributed by atoms with Crippen LogP contribution in [0.1, 0.15) is 35.2 Å². The molecule has 1 heterocycles. The van der Waals surface area contributed by atoms with E-state index in [1.54, 1.807) is 11.0 Å². The van der Waals surface area contributed by atoms with Gasteiger partial charge in [-0.25, -0.2) is 0 Å². The van der Waals surface area contributed by atoms with Crippen molar-refractivity contribution in [3.05, 3.63) is 33.8 Å². The highest BCUT2D eigenvalue weighted by Gasteiger charge is 2.27. The molecule has 0 atom stereocenters. The number of nitrogens with zero attached hydrogens (tertiary/aromatic N) is 1. The first-order valence-corrected chi connectivity index (χ1v) is 8.15. The van der Waals surface area contributed by atoms with Crippen LogP contribution >= 0.6 is 15.9 Å². The van der Waals surface area contributed by atoms with Gasteiger partial charge in [-0.15, -0.1) is 0 Å². The zero-order chi connectivity index (χ0) is 16.1. The van der Waals surface area contributed by atoms with Gasteiger partial charge in [0.15, 0.2) is 0 Å². The lowest BCUT2D eigenvalue weighted by Gasteiger charge is -2.34. The summed E-state index contributed by atoms with van der Waals surface area (Å²) in [4.78, 5) is 25.5. The van der Waals surface area contributed by atoms with Gasteiger partial charge in [0.25, 0.3) is 5.91 Å². The Morgan fingerprint density at radius 1 is 1.36 bits per heavy atom.